The molecule has 1 aromatic heterocycles. The molecule has 0 aliphatic rings. The van der Waals surface area contributed by atoms with E-state index in [1.165, 1.54) is 6.07 Å². The van der Waals surface area contributed by atoms with Gasteiger partial charge in [-0.25, -0.2) is 9.37 Å². The smallest absolute Gasteiger partial charge is 0.191 e. The molecule has 0 saturated carbocycles. The molecule has 0 radical (unpaired) electrons. The zero-order valence-corrected chi connectivity index (χ0v) is 14.7. The van der Waals surface area contributed by atoms with Crippen LogP contribution >= 0.6 is 15.9 Å². The Kier molecular flexibility index (Phi) is 7.06. The fourth-order valence-electron chi connectivity index (χ4n) is 2.15. The summed E-state index contributed by atoms with van der Waals surface area (Å²) in [5.74, 6) is 0.587. The van der Waals surface area contributed by atoms with Gasteiger partial charge in [-0.05, 0) is 30.5 Å². The van der Waals surface area contributed by atoms with Gasteiger partial charge < -0.3 is 15.2 Å². The van der Waals surface area contributed by atoms with Gasteiger partial charge in [0.15, 0.2) is 5.96 Å². The molecule has 2 rings (SSSR count). The monoisotopic (exact) mass is 381 g/mol. The first kappa shape index (κ1) is 17.5. The van der Waals surface area contributed by atoms with E-state index in [1.54, 1.807) is 19.6 Å². The Hall–Kier alpha value is -1.89. The average molecular weight is 382 g/mol. The van der Waals surface area contributed by atoms with Gasteiger partial charge in [-0.15, -0.1) is 0 Å². The van der Waals surface area contributed by atoms with Crippen LogP contribution < -0.4 is 10.6 Å². The van der Waals surface area contributed by atoms with Gasteiger partial charge in [0.05, 0.1) is 6.33 Å². The van der Waals surface area contributed by atoms with Crippen molar-refractivity contribution in [2.75, 3.05) is 20.1 Å². The van der Waals surface area contributed by atoms with E-state index in [4.69, 9.17) is 0 Å². The maximum atomic E-state index is 13.7. The van der Waals surface area contributed by atoms with Crippen molar-refractivity contribution in [3.63, 3.8) is 0 Å². The van der Waals surface area contributed by atoms with Gasteiger partial charge in [0, 0.05) is 43.5 Å². The Morgan fingerprint density at radius 2 is 2.17 bits per heavy atom. The molecule has 0 fully saturated rings. The van der Waals surface area contributed by atoms with Gasteiger partial charge in [-0.2, -0.15) is 0 Å². The molecule has 0 amide bonds. The molecule has 0 bridgehead atoms. The normalized spacial score (nSPS) is 11.5. The lowest BCUT2D eigenvalue weighted by Crippen LogP contribution is -2.39. The Balaban J connectivity index is 1.65. The van der Waals surface area contributed by atoms with Gasteiger partial charge in [-0.3, -0.25) is 4.99 Å². The lowest BCUT2D eigenvalue weighted by molar-refractivity contribution is 0.601. The molecule has 0 aliphatic heterocycles. The van der Waals surface area contributed by atoms with E-state index in [1.807, 2.05) is 22.9 Å². The van der Waals surface area contributed by atoms with Gasteiger partial charge in [0.2, 0.25) is 0 Å². The first-order valence-electron chi connectivity index (χ1n) is 7.53. The number of nitrogens with zero attached hydrogens (tertiary/aromatic N) is 3. The number of aliphatic imine (C=N–C) groups is 1. The van der Waals surface area contributed by atoms with Gasteiger partial charge in [0.25, 0.3) is 0 Å². The van der Waals surface area contributed by atoms with Crippen molar-refractivity contribution in [1.29, 1.82) is 0 Å². The number of benzene rings is 1. The molecule has 124 valence electrons. The molecule has 7 heteroatoms. The molecule has 1 aromatic carbocycles. The van der Waals surface area contributed by atoms with Crippen LogP contribution in [-0.2, 0) is 13.0 Å². The Morgan fingerprint density at radius 3 is 2.87 bits per heavy atom. The van der Waals surface area contributed by atoms with Crippen molar-refractivity contribution in [2.24, 2.45) is 4.99 Å². The fourth-order valence-corrected chi connectivity index (χ4v) is 2.49. The zero-order chi connectivity index (χ0) is 16.5. The van der Waals surface area contributed by atoms with Crippen molar-refractivity contribution in [1.82, 2.24) is 20.2 Å². The third-order valence-corrected chi connectivity index (χ3v) is 3.87. The molecule has 2 aromatic rings. The summed E-state index contributed by atoms with van der Waals surface area (Å²) in [6.07, 6.45) is 6.99. The largest absolute Gasteiger partial charge is 0.356 e. The molecule has 0 saturated heterocycles. The summed E-state index contributed by atoms with van der Waals surface area (Å²) in [5.41, 5.74) is 0.734. The third-order valence-electron chi connectivity index (χ3n) is 3.38. The molecule has 0 spiro atoms. The number of rotatable bonds is 7. The Morgan fingerprint density at radius 1 is 1.35 bits per heavy atom. The van der Waals surface area contributed by atoms with Crippen LogP contribution in [-0.4, -0.2) is 35.6 Å². The zero-order valence-electron chi connectivity index (χ0n) is 13.1. The summed E-state index contributed by atoms with van der Waals surface area (Å²) in [7, 11) is 1.74. The first-order valence-corrected chi connectivity index (χ1v) is 8.32. The van der Waals surface area contributed by atoms with Crippen molar-refractivity contribution in [3.05, 3.63) is 52.8 Å². The second-order valence-electron chi connectivity index (χ2n) is 5.07. The number of imidazole rings is 1. The third kappa shape index (κ3) is 6.02. The van der Waals surface area contributed by atoms with E-state index in [0.717, 1.165) is 42.1 Å². The average Bonchev–Trinajstić information content (AvgIpc) is 3.04. The number of hydrogen-bond donors (Lipinski definition) is 2. The minimum Gasteiger partial charge on any atom is -0.356 e. The number of guanidine groups is 1. The molecule has 1 heterocycles. The Labute approximate surface area is 144 Å². The van der Waals surface area contributed by atoms with Crippen LogP contribution in [0.4, 0.5) is 4.39 Å². The predicted molar refractivity (Wildman–Crippen MR) is 94.0 cm³/mol. The molecule has 5 nitrogen and oxygen atoms in total. The SMILES string of the molecule is CN=C(NCCCc1ccc(Br)cc1F)NCCn1ccnc1. The van der Waals surface area contributed by atoms with Crippen molar-refractivity contribution >= 4 is 21.9 Å². The highest BCUT2D eigenvalue weighted by Gasteiger charge is 2.03. The van der Waals surface area contributed by atoms with Crippen LogP contribution in [0.5, 0.6) is 0 Å². The van der Waals surface area contributed by atoms with Crippen molar-refractivity contribution in [2.45, 2.75) is 19.4 Å². The molecule has 0 unspecified atom stereocenters. The first-order chi connectivity index (χ1) is 11.2. The lowest BCUT2D eigenvalue weighted by atomic mass is 10.1. The summed E-state index contributed by atoms with van der Waals surface area (Å²) in [4.78, 5) is 8.17. The van der Waals surface area contributed by atoms with Crippen LogP contribution in [0.2, 0.25) is 0 Å². The number of aromatic nitrogens is 2. The second kappa shape index (κ2) is 9.29. The van der Waals surface area contributed by atoms with Gasteiger partial charge in [-0.1, -0.05) is 22.0 Å². The predicted octanol–water partition coefficient (Wildman–Crippen LogP) is 2.58. The molecule has 0 aliphatic carbocycles. The van der Waals surface area contributed by atoms with E-state index < -0.39 is 0 Å². The summed E-state index contributed by atoms with van der Waals surface area (Å²) in [5, 5.41) is 6.47. The number of hydrogen-bond acceptors (Lipinski definition) is 2. The summed E-state index contributed by atoms with van der Waals surface area (Å²) < 4.78 is 16.5. The maximum Gasteiger partial charge on any atom is 0.191 e. The maximum absolute atomic E-state index is 13.7. The van der Waals surface area contributed by atoms with Crippen molar-refractivity contribution in [3.8, 4) is 0 Å². The van der Waals surface area contributed by atoms with Gasteiger partial charge >= 0.3 is 0 Å². The summed E-state index contributed by atoms with van der Waals surface area (Å²) in [6, 6.07) is 5.18. The van der Waals surface area contributed by atoms with E-state index in [2.05, 4.69) is 36.5 Å². The molecule has 0 atom stereocenters. The highest BCUT2D eigenvalue weighted by molar-refractivity contribution is 9.10. The van der Waals surface area contributed by atoms with Crippen LogP contribution in [0.15, 0.2) is 46.4 Å². The molecular weight excluding hydrogens is 361 g/mol. The highest BCUT2D eigenvalue weighted by Crippen LogP contribution is 2.16. The van der Waals surface area contributed by atoms with E-state index >= 15 is 0 Å². The van der Waals surface area contributed by atoms with Gasteiger partial charge in [0.1, 0.15) is 5.82 Å². The molecule has 2 N–H and O–H groups in total. The standard InChI is InChI=1S/C16H21BrFN5/c1-19-16(22-8-10-23-9-7-20-12-23)21-6-2-3-13-4-5-14(17)11-15(13)18/h4-5,7,9,11-12H,2-3,6,8,10H2,1H3,(H2,19,21,22). The lowest BCUT2D eigenvalue weighted by Gasteiger charge is -2.12. The van der Waals surface area contributed by atoms with E-state index in [-0.39, 0.29) is 5.82 Å². The minimum absolute atomic E-state index is 0.165. The van der Waals surface area contributed by atoms with E-state index in [9.17, 15) is 4.39 Å². The van der Waals surface area contributed by atoms with Crippen LogP contribution in [0.25, 0.3) is 0 Å². The van der Waals surface area contributed by atoms with E-state index in [0.29, 0.717) is 6.42 Å². The Bertz CT molecular complexity index is 627. The minimum atomic E-state index is -0.165. The quantitative estimate of drug-likeness (QED) is 0.440. The fraction of sp³-hybridized carbons (Fsp3) is 0.375. The molecule has 23 heavy (non-hydrogen) atoms. The number of nitrogens with one attached hydrogen (secondary N) is 2. The highest BCUT2D eigenvalue weighted by atomic mass is 79.9. The van der Waals surface area contributed by atoms with Crippen molar-refractivity contribution < 1.29 is 4.39 Å². The van der Waals surface area contributed by atoms with Crippen LogP contribution in [0.3, 0.4) is 0 Å². The van der Waals surface area contributed by atoms with Crippen LogP contribution in [0, 0.1) is 5.82 Å². The van der Waals surface area contributed by atoms with Crippen LogP contribution in [0.1, 0.15) is 12.0 Å². The second-order valence-corrected chi connectivity index (χ2v) is 5.98. The number of aryl methyl sites for hydroxylation is 1. The number of halogens is 2. The summed E-state index contributed by atoms with van der Waals surface area (Å²) in [6.45, 7) is 2.32. The molecular formula is C16H21BrFN5. The topological polar surface area (TPSA) is 54.2 Å². The summed E-state index contributed by atoms with van der Waals surface area (Å²) >= 11 is 3.26.